The first-order valence-corrected chi connectivity index (χ1v) is 7.30. The summed E-state index contributed by atoms with van der Waals surface area (Å²) in [5.41, 5.74) is 1.96. The van der Waals surface area contributed by atoms with E-state index in [1.807, 2.05) is 60.7 Å². The number of benzene rings is 2. The molecule has 4 heteroatoms. The SMILES string of the molecule is Brc1cnccc1Nc1ccc(Oc2ccccc2)cc1. The number of ether oxygens (including phenoxy) is 1. The highest BCUT2D eigenvalue weighted by atomic mass is 79.9. The molecule has 0 unspecified atom stereocenters. The monoisotopic (exact) mass is 340 g/mol. The standard InChI is InChI=1S/C17H13BrN2O/c18-16-12-19-11-10-17(16)20-13-6-8-15(9-7-13)21-14-4-2-1-3-5-14/h1-12H,(H,19,20). The Hall–Kier alpha value is -2.33. The number of hydrogen-bond acceptors (Lipinski definition) is 3. The number of hydrogen-bond donors (Lipinski definition) is 1. The Balaban J connectivity index is 1.71. The Morgan fingerprint density at radius 2 is 1.57 bits per heavy atom. The Kier molecular flexibility index (Phi) is 4.17. The van der Waals surface area contributed by atoms with E-state index in [4.69, 9.17) is 4.74 Å². The summed E-state index contributed by atoms with van der Waals surface area (Å²) in [6, 6.07) is 19.5. The van der Waals surface area contributed by atoms with Gasteiger partial charge < -0.3 is 10.1 Å². The molecule has 21 heavy (non-hydrogen) atoms. The molecule has 3 nitrogen and oxygen atoms in total. The van der Waals surface area contributed by atoms with Crippen molar-refractivity contribution in [1.29, 1.82) is 0 Å². The molecule has 0 amide bonds. The molecular weight excluding hydrogens is 328 g/mol. The van der Waals surface area contributed by atoms with E-state index < -0.39 is 0 Å². The number of halogens is 1. The Morgan fingerprint density at radius 1 is 0.857 bits per heavy atom. The molecule has 0 spiro atoms. The highest BCUT2D eigenvalue weighted by Crippen LogP contribution is 2.27. The van der Waals surface area contributed by atoms with Crippen molar-refractivity contribution in [3.05, 3.63) is 77.5 Å². The van der Waals surface area contributed by atoms with Gasteiger partial charge in [-0.15, -0.1) is 0 Å². The lowest BCUT2D eigenvalue weighted by atomic mass is 10.3. The molecule has 1 aromatic heterocycles. The van der Waals surface area contributed by atoms with Crippen LogP contribution in [0.2, 0.25) is 0 Å². The number of anilines is 2. The minimum atomic E-state index is 0.806. The number of nitrogens with one attached hydrogen (secondary N) is 1. The van der Waals surface area contributed by atoms with Gasteiger partial charge in [0.05, 0.1) is 10.2 Å². The van der Waals surface area contributed by atoms with Gasteiger partial charge >= 0.3 is 0 Å². The lowest BCUT2D eigenvalue weighted by Crippen LogP contribution is -1.92. The van der Waals surface area contributed by atoms with Crippen LogP contribution in [0.5, 0.6) is 11.5 Å². The third kappa shape index (κ3) is 3.61. The van der Waals surface area contributed by atoms with Gasteiger partial charge in [0, 0.05) is 18.1 Å². The minimum Gasteiger partial charge on any atom is -0.457 e. The zero-order valence-electron chi connectivity index (χ0n) is 11.2. The van der Waals surface area contributed by atoms with Crippen LogP contribution in [0.25, 0.3) is 0 Å². The van der Waals surface area contributed by atoms with Crippen LogP contribution in [0.4, 0.5) is 11.4 Å². The maximum atomic E-state index is 5.76. The molecule has 3 aromatic rings. The molecule has 3 rings (SSSR count). The van der Waals surface area contributed by atoms with Crippen molar-refractivity contribution in [3.63, 3.8) is 0 Å². The van der Waals surface area contributed by atoms with Crippen LogP contribution in [0.3, 0.4) is 0 Å². The second-order valence-corrected chi connectivity index (χ2v) is 5.27. The van der Waals surface area contributed by atoms with Crippen LogP contribution in [0.1, 0.15) is 0 Å². The first kappa shape index (κ1) is 13.6. The quantitative estimate of drug-likeness (QED) is 0.692. The summed E-state index contributed by atoms with van der Waals surface area (Å²) in [7, 11) is 0. The summed E-state index contributed by atoms with van der Waals surface area (Å²) in [6.45, 7) is 0. The van der Waals surface area contributed by atoms with Gasteiger partial charge in [-0.2, -0.15) is 0 Å². The third-order valence-electron chi connectivity index (χ3n) is 2.88. The molecule has 1 N–H and O–H groups in total. The van der Waals surface area contributed by atoms with Gasteiger partial charge in [-0.05, 0) is 58.4 Å². The summed E-state index contributed by atoms with van der Waals surface area (Å²) in [5.74, 6) is 1.63. The van der Waals surface area contributed by atoms with Crippen LogP contribution < -0.4 is 10.1 Å². The van der Waals surface area contributed by atoms with Gasteiger partial charge in [-0.3, -0.25) is 4.98 Å². The van der Waals surface area contributed by atoms with Crippen molar-refractivity contribution < 1.29 is 4.74 Å². The molecule has 104 valence electrons. The number of nitrogens with zero attached hydrogens (tertiary/aromatic N) is 1. The first-order chi connectivity index (χ1) is 10.3. The molecule has 0 aliphatic heterocycles. The van der Waals surface area contributed by atoms with Crippen molar-refractivity contribution in [2.45, 2.75) is 0 Å². The number of para-hydroxylation sites is 1. The third-order valence-corrected chi connectivity index (χ3v) is 3.52. The van der Waals surface area contributed by atoms with Crippen molar-refractivity contribution in [1.82, 2.24) is 4.98 Å². The van der Waals surface area contributed by atoms with Crippen LogP contribution in [-0.4, -0.2) is 4.98 Å². The Morgan fingerprint density at radius 3 is 2.29 bits per heavy atom. The fraction of sp³-hybridized carbons (Fsp3) is 0. The van der Waals surface area contributed by atoms with Gasteiger partial charge in [-0.25, -0.2) is 0 Å². The normalized spacial score (nSPS) is 10.1. The molecule has 0 aliphatic carbocycles. The molecule has 0 radical (unpaired) electrons. The lowest BCUT2D eigenvalue weighted by molar-refractivity contribution is 0.483. The Bertz CT molecular complexity index is 714. The van der Waals surface area contributed by atoms with Gasteiger partial charge in [-0.1, -0.05) is 18.2 Å². The van der Waals surface area contributed by atoms with Crippen LogP contribution in [0, 0.1) is 0 Å². The van der Waals surface area contributed by atoms with Gasteiger partial charge in [0.25, 0.3) is 0 Å². The van der Waals surface area contributed by atoms with E-state index in [1.54, 1.807) is 12.4 Å². The smallest absolute Gasteiger partial charge is 0.127 e. The molecular formula is C17H13BrN2O. The predicted molar refractivity (Wildman–Crippen MR) is 88.2 cm³/mol. The largest absolute Gasteiger partial charge is 0.457 e. The van der Waals surface area contributed by atoms with E-state index in [9.17, 15) is 0 Å². The zero-order valence-corrected chi connectivity index (χ0v) is 12.7. The van der Waals surface area contributed by atoms with Gasteiger partial charge in [0.1, 0.15) is 11.5 Å². The van der Waals surface area contributed by atoms with E-state index in [2.05, 4.69) is 26.2 Å². The predicted octanol–water partition coefficient (Wildman–Crippen LogP) is 5.38. The average molecular weight is 341 g/mol. The summed E-state index contributed by atoms with van der Waals surface area (Å²) < 4.78 is 6.69. The topological polar surface area (TPSA) is 34.2 Å². The second kappa shape index (κ2) is 6.41. The van der Waals surface area contributed by atoms with Crippen LogP contribution >= 0.6 is 15.9 Å². The summed E-state index contributed by atoms with van der Waals surface area (Å²) in [6.07, 6.45) is 3.51. The molecule has 0 atom stereocenters. The van der Waals surface area contributed by atoms with Gasteiger partial charge in [0.2, 0.25) is 0 Å². The van der Waals surface area contributed by atoms with Crippen molar-refractivity contribution >= 4 is 27.3 Å². The van der Waals surface area contributed by atoms with E-state index in [0.29, 0.717) is 0 Å². The molecule has 1 heterocycles. The first-order valence-electron chi connectivity index (χ1n) is 6.51. The molecule has 0 bridgehead atoms. The van der Waals surface area contributed by atoms with Gasteiger partial charge in [0.15, 0.2) is 0 Å². The van der Waals surface area contributed by atoms with E-state index >= 15 is 0 Å². The van der Waals surface area contributed by atoms with Crippen LogP contribution in [0.15, 0.2) is 77.5 Å². The maximum absolute atomic E-state index is 5.76. The van der Waals surface area contributed by atoms with Crippen molar-refractivity contribution in [2.75, 3.05) is 5.32 Å². The Labute approximate surface area is 131 Å². The zero-order chi connectivity index (χ0) is 14.5. The number of aromatic nitrogens is 1. The summed E-state index contributed by atoms with van der Waals surface area (Å²) in [5, 5.41) is 3.32. The number of pyridine rings is 1. The molecule has 0 aliphatic rings. The van der Waals surface area contributed by atoms with E-state index in [0.717, 1.165) is 27.3 Å². The molecule has 0 fully saturated rings. The molecule has 0 saturated heterocycles. The minimum absolute atomic E-state index is 0.806. The summed E-state index contributed by atoms with van der Waals surface area (Å²) in [4.78, 5) is 4.04. The maximum Gasteiger partial charge on any atom is 0.127 e. The van der Waals surface area contributed by atoms with Crippen LogP contribution in [-0.2, 0) is 0 Å². The lowest BCUT2D eigenvalue weighted by Gasteiger charge is -2.09. The summed E-state index contributed by atoms with van der Waals surface area (Å²) >= 11 is 3.46. The molecule has 0 saturated carbocycles. The highest BCUT2D eigenvalue weighted by molar-refractivity contribution is 9.10. The van der Waals surface area contributed by atoms with Crippen molar-refractivity contribution in [3.8, 4) is 11.5 Å². The molecule has 2 aromatic carbocycles. The average Bonchev–Trinajstić information content (AvgIpc) is 2.52. The highest BCUT2D eigenvalue weighted by Gasteiger charge is 2.01. The number of rotatable bonds is 4. The fourth-order valence-electron chi connectivity index (χ4n) is 1.86. The second-order valence-electron chi connectivity index (χ2n) is 4.42. The van der Waals surface area contributed by atoms with E-state index in [1.165, 1.54) is 0 Å². The van der Waals surface area contributed by atoms with Crippen molar-refractivity contribution in [2.24, 2.45) is 0 Å². The fourth-order valence-corrected chi connectivity index (χ4v) is 2.21. The van der Waals surface area contributed by atoms with E-state index in [-0.39, 0.29) is 0 Å².